The standard InChI is InChI=1S/C21H25NO/c1-14-7-4-5-8-16(14)20-17-11-10-15(23-3)13-19(17)21-18(20)9-6-12-22(21)2/h4-5,7-8,10-11,13,18,20-21H,6,9,12H2,1-3H3. The summed E-state index contributed by atoms with van der Waals surface area (Å²) in [5.74, 6) is 2.17. The van der Waals surface area contributed by atoms with Gasteiger partial charge in [0, 0.05) is 12.0 Å². The average molecular weight is 307 g/mol. The number of piperidine rings is 1. The van der Waals surface area contributed by atoms with Crippen LogP contribution in [0.4, 0.5) is 0 Å². The van der Waals surface area contributed by atoms with E-state index in [-0.39, 0.29) is 0 Å². The number of likely N-dealkylation sites (tertiary alicyclic amines) is 1. The molecule has 2 aliphatic rings. The SMILES string of the molecule is COc1ccc2c(c1)C1C(CCCN1C)C2c1ccccc1C. The molecule has 4 rings (SSSR count). The summed E-state index contributed by atoms with van der Waals surface area (Å²) in [6.07, 6.45) is 2.61. The summed E-state index contributed by atoms with van der Waals surface area (Å²) in [7, 11) is 4.04. The number of aryl methyl sites for hydroxylation is 1. The highest BCUT2D eigenvalue weighted by Crippen LogP contribution is 2.55. The van der Waals surface area contributed by atoms with Crippen LogP contribution in [0.3, 0.4) is 0 Å². The van der Waals surface area contributed by atoms with Gasteiger partial charge in [0.1, 0.15) is 5.75 Å². The Morgan fingerprint density at radius 2 is 1.87 bits per heavy atom. The normalized spacial score (nSPS) is 26.7. The summed E-state index contributed by atoms with van der Waals surface area (Å²) >= 11 is 0. The first-order chi connectivity index (χ1) is 11.2. The molecule has 1 saturated heterocycles. The fourth-order valence-electron chi connectivity index (χ4n) is 4.80. The zero-order chi connectivity index (χ0) is 16.0. The molecule has 3 atom stereocenters. The molecule has 0 bridgehead atoms. The van der Waals surface area contributed by atoms with E-state index in [0.717, 1.165) is 5.75 Å². The molecule has 0 N–H and O–H groups in total. The molecule has 1 aliphatic heterocycles. The van der Waals surface area contributed by atoms with Crippen molar-refractivity contribution < 1.29 is 4.74 Å². The van der Waals surface area contributed by atoms with Gasteiger partial charge in [-0.15, -0.1) is 0 Å². The van der Waals surface area contributed by atoms with Crippen LogP contribution >= 0.6 is 0 Å². The van der Waals surface area contributed by atoms with E-state index < -0.39 is 0 Å². The van der Waals surface area contributed by atoms with Crippen molar-refractivity contribution in [3.8, 4) is 5.75 Å². The van der Waals surface area contributed by atoms with Crippen molar-refractivity contribution in [2.75, 3.05) is 20.7 Å². The highest BCUT2D eigenvalue weighted by atomic mass is 16.5. The molecule has 0 radical (unpaired) electrons. The number of hydrogen-bond acceptors (Lipinski definition) is 2. The Labute approximate surface area is 139 Å². The fraction of sp³-hybridized carbons (Fsp3) is 0.429. The first-order valence-electron chi connectivity index (χ1n) is 8.64. The van der Waals surface area contributed by atoms with Gasteiger partial charge >= 0.3 is 0 Å². The Kier molecular flexibility index (Phi) is 3.65. The summed E-state index contributed by atoms with van der Waals surface area (Å²) in [6.45, 7) is 3.44. The third-order valence-corrected chi connectivity index (χ3v) is 5.83. The summed E-state index contributed by atoms with van der Waals surface area (Å²) in [5, 5.41) is 0. The first kappa shape index (κ1) is 14.8. The third kappa shape index (κ3) is 2.28. The minimum Gasteiger partial charge on any atom is -0.497 e. The van der Waals surface area contributed by atoms with Gasteiger partial charge < -0.3 is 4.74 Å². The minimum atomic E-state index is 0.518. The van der Waals surface area contributed by atoms with Crippen LogP contribution in [0.2, 0.25) is 0 Å². The number of hydrogen-bond donors (Lipinski definition) is 0. The number of benzene rings is 2. The monoisotopic (exact) mass is 307 g/mol. The van der Waals surface area contributed by atoms with Gasteiger partial charge in [-0.1, -0.05) is 30.3 Å². The van der Waals surface area contributed by atoms with E-state index in [1.807, 2.05) is 0 Å². The molecule has 2 aromatic rings. The van der Waals surface area contributed by atoms with E-state index >= 15 is 0 Å². The van der Waals surface area contributed by atoms with Crippen LogP contribution in [0.15, 0.2) is 42.5 Å². The van der Waals surface area contributed by atoms with E-state index in [0.29, 0.717) is 17.9 Å². The van der Waals surface area contributed by atoms with E-state index in [1.165, 1.54) is 41.6 Å². The summed E-state index contributed by atoms with van der Waals surface area (Å²) in [6, 6.07) is 16.1. The fourth-order valence-corrected chi connectivity index (χ4v) is 4.80. The maximum atomic E-state index is 5.50. The van der Waals surface area contributed by atoms with Crippen molar-refractivity contribution in [3.63, 3.8) is 0 Å². The molecule has 0 amide bonds. The molecule has 1 fully saturated rings. The van der Waals surface area contributed by atoms with Crippen molar-refractivity contribution >= 4 is 0 Å². The van der Waals surface area contributed by atoms with Gasteiger partial charge in [0.15, 0.2) is 0 Å². The van der Waals surface area contributed by atoms with Gasteiger partial charge in [0.25, 0.3) is 0 Å². The molecule has 2 heteroatoms. The molecule has 120 valence electrons. The predicted octanol–water partition coefficient (Wildman–Crippen LogP) is 4.53. The Morgan fingerprint density at radius 1 is 1.04 bits per heavy atom. The van der Waals surface area contributed by atoms with Gasteiger partial charge in [-0.05, 0) is 73.7 Å². The number of nitrogens with zero attached hydrogens (tertiary/aromatic N) is 1. The van der Waals surface area contributed by atoms with E-state index in [9.17, 15) is 0 Å². The van der Waals surface area contributed by atoms with Gasteiger partial charge in [-0.25, -0.2) is 0 Å². The second-order valence-electron chi connectivity index (χ2n) is 7.06. The molecule has 2 nitrogen and oxygen atoms in total. The van der Waals surface area contributed by atoms with Crippen LogP contribution < -0.4 is 4.74 Å². The minimum absolute atomic E-state index is 0.518. The van der Waals surface area contributed by atoms with Crippen molar-refractivity contribution in [1.82, 2.24) is 4.90 Å². The Balaban J connectivity index is 1.89. The van der Waals surface area contributed by atoms with Gasteiger partial charge in [-0.3, -0.25) is 4.90 Å². The van der Waals surface area contributed by atoms with Crippen LogP contribution in [-0.4, -0.2) is 25.6 Å². The van der Waals surface area contributed by atoms with Gasteiger partial charge in [0.05, 0.1) is 7.11 Å². The molecular formula is C21H25NO. The van der Waals surface area contributed by atoms with Gasteiger partial charge in [0.2, 0.25) is 0 Å². The molecule has 0 spiro atoms. The van der Waals surface area contributed by atoms with Crippen LogP contribution in [0, 0.1) is 12.8 Å². The number of fused-ring (bicyclic) bond motifs is 3. The van der Waals surface area contributed by atoms with E-state index in [4.69, 9.17) is 4.74 Å². The largest absolute Gasteiger partial charge is 0.497 e. The molecule has 23 heavy (non-hydrogen) atoms. The summed E-state index contributed by atoms with van der Waals surface area (Å²) in [5.41, 5.74) is 5.89. The van der Waals surface area contributed by atoms with Crippen LogP contribution in [-0.2, 0) is 0 Å². The lowest BCUT2D eigenvalue weighted by Crippen LogP contribution is -2.35. The quantitative estimate of drug-likeness (QED) is 0.808. The topological polar surface area (TPSA) is 12.5 Å². The molecule has 3 unspecified atom stereocenters. The highest BCUT2D eigenvalue weighted by Gasteiger charge is 2.45. The lowest BCUT2D eigenvalue weighted by atomic mass is 9.79. The van der Waals surface area contributed by atoms with Crippen LogP contribution in [0.25, 0.3) is 0 Å². The van der Waals surface area contributed by atoms with Crippen molar-refractivity contribution in [3.05, 3.63) is 64.7 Å². The number of rotatable bonds is 2. The first-order valence-corrected chi connectivity index (χ1v) is 8.64. The van der Waals surface area contributed by atoms with Crippen molar-refractivity contribution in [2.24, 2.45) is 5.92 Å². The molecule has 0 saturated carbocycles. The Hall–Kier alpha value is -1.80. The second kappa shape index (κ2) is 5.68. The smallest absolute Gasteiger partial charge is 0.119 e. The maximum absolute atomic E-state index is 5.50. The summed E-state index contributed by atoms with van der Waals surface area (Å²) in [4.78, 5) is 2.55. The zero-order valence-corrected chi connectivity index (χ0v) is 14.3. The summed E-state index contributed by atoms with van der Waals surface area (Å²) < 4.78 is 5.50. The molecule has 0 aromatic heterocycles. The predicted molar refractivity (Wildman–Crippen MR) is 94.1 cm³/mol. The third-order valence-electron chi connectivity index (χ3n) is 5.83. The molecule has 2 aromatic carbocycles. The zero-order valence-electron chi connectivity index (χ0n) is 14.3. The second-order valence-corrected chi connectivity index (χ2v) is 7.06. The average Bonchev–Trinajstić information content (AvgIpc) is 2.90. The molecule has 1 aliphatic carbocycles. The van der Waals surface area contributed by atoms with Crippen molar-refractivity contribution in [1.29, 1.82) is 0 Å². The lowest BCUT2D eigenvalue weighted by Gasteiger charge is -2.37. The molecular weight excluding hydrogens is 282 g/mol. The Morgan fingerprint density at radius 3 is 2.65 bits per heavy atom. The van der Waals surface area contributed by atoms with Crippen LogP contribution in [0.5, 0.6) is 5.75 Å². The van der Waals surface area contributed by atoms with Gasteiger partial charge in [-0.2, -0.15) is 0 Å². The highest BCUT2D eigenvalue weighted by molar-refractivity contribution is 5.51. The molecule has 1 heterocycles. The number of methoxy groups -OCH3 is 1. The Bertz CT molecular complexity index is 724. The van der Waals surface area contributed by atoms with Crippen molar-refractivity contribution in [2.45, 2.75) is 31.7 Å². The van der Waals surface area contributed by atoms with E-state index in [1.54, 1.807) is 7.11 Å². The maximum Gasteiger partial charge on any atom is 0.119 e. The van der Waals surface area contributed by atoms with Crippen LogP contribution in [0.1, 0.15) is 47.1 Å². The van der Waals surface area contributed by atoms with E-state index in [2.05, 4.69) is 61.3 Å². The number of ether oxygens (including phenoxy) is 1. The lowest BCUT2D eigenvalue weighted by molar-refractivity contribution is 0.126.